The average molecular weight is 401 g/mol. The lowest BCUT2D eigenvalue weighted by Crippen LogP contribution is -2.56. The molecule has 0 bridgehead atoms. The van der Waals surface area contributed by atoms with Gasteiger partial charge < -0.3 is 15.4 Å². The van der Waals surface area contributed by atoms with Crippen molar-refractivity contribution < 1.29 is 14.3 Å². The average Bonchev–Trinajstić information content (AvgIpc) is 2.57. The maximum atomic E-state index is 12.4. The molecular weight excluding hydrogens is 376 g/mol. The van der Waals surface area contributed by atoms with E-state index in [0.29, 0.717) is 17.2 Å². The van der Waals surface area contributed by atoms with E-state index in [9.17, 15) is 9.59 Å². The minimum absolute atomic E-state index is 0.0160. The first kappa shape index (κ1) is 22.1. The summed E-state index contributed by atoms with van der Waals surface area (Å²) in [6.07, 6.45) is 0. The highest BCUT2D eigenvalue weighted by Gasteiger charge is 2.25. The SMILES string of the molecule is COC[C@@H](C)NC(=S)NNC(=O)[C@@H](NC(=O)c1ccccc1Cl)C(C)C. The zero-order valence-electron chi connectivity index (χ0n) is 15.3. The number of benzene rings is 1. The van der Waals surface area contributed by atoms with E-state index in [1.54, 1.807) is 31.4 Å². The van der Waals surface area contributed by atoms with Crippen molar-refractivity contribution in [1.82, 2.24) is 21.5 Å². The van der Waals surface area contributed by atoms with E-state index in [1.807, 2.05) is 20.8 Å². The second kappa shape index (κ2) is 10.9. The van der Waals surface area contributed by atoms with Gasteiger partial charge >= 0.3 is 0 Å². The van der Waals surface area contributed by atoms with Crippen LogP contribution in [0.5, 0.6) is 0 Å². The number of hydrogen-bond donors (Lipinski definition) is 4. The molecule has 0 fully saturated rings. The Balaban J connectivity index is 2.63. The zero-order chi connectivity index (χ0) is 19.7. The van der Waals surface area contributed by atoms with Crippen LogP contribution in [-0.4, -0.2) is 42.7 Å². The number of hydrazine groups is 1. The molecule has 0 spiro atoms. The van der Waals surface area contributed by atoms with Crippen LogP contribution in [0.4, 0.5) is 0 Å². The third-order valence-electron chi connectivity index (χ3n) is 3.45. The fourth-order valence-corrected chi connectivity index (χ4v) is 2.62. The Morgan fingerprint density at radius 1 is 1.15 bits per heavy atom. The molecule has 0 aromatic heterocycles. The molecule has 0 radical (unpaired) electrons. The highest BCUT2D eigenvalue weighted by molar-refractivity contribution is 7.80. The topological polar surface area (TPSA) is 91.5 Å². The summed E-state index contributed by atoms with van der Waals surface area (Å²) in [4.78, 5) is 24.8. The van der Waals surface area contributed by atoms with Gasteiger partial charge in [-0.25, -0.2) is 0 Å². The van der Waals surface area contributed by atoms with E-state index in [0.717, 1.165) is 0 Å². The van der Waals surface area contributed by atoms with Crippen LogP contribution >= 0.6 is 23.8 Å². The number of thiocarbonyl (C=S) groups is 1. The largest absolute Gasteiger partial charge is 0.383 e. The summed E-state index contributed by atoms with van der Waals surface area (Å²) in [5.74, 6) is -0.972. The number of carbonyl (C=O) groups is 2. The zero-order valence-corrected chi connectivity index (χ0v) is 16.8. The van der Waals surface area contributed by atoms with Gasteiger partial charge in [-0.2, -0.15) is 0 Å². The molecule has 0 heterocycles. The Hall–Kier alpha value is -1.90. The van der Waals surface area contributed by atoms with Crippen LogP contribution in [0.25, 0.3) is 0 Å². The summed E-state index contributed by atoms with van der Waals surface area (Å²) in [5.41, 5.74) is 5.43. The van der Waals surface area contributed by atoms with Crippen molar-refractivity contribution in [2.45, 2.75) is 32.9 Å². The fourth-order valence-electron chi connectivity index (χ4n) is 2.15. The molecule has 144 valence electrons. The molecule has 9 heteroatoms. The molecule has 0 saturated carbocycles. The molecule has 2 amide bonds. The first-order valence-electron chi connectivity index (χ1n) is 8.17. The van der Waals surface area contributed by atoms with E-state index in [-0.39, 0.29) is 17.1 Å². The second-order valence-electron chi connectivity index (χ2n) is 6.12. The van der Waals surface area contributed by atoms with Crippen molar-refractivity contribution >= 4 is 40.7 Å². The highest BCUT2D eigenvalue weighted by atomic mass is 35.5. The van der Waals surface area contributed by atoms with E-state index in [1.165, 1.54) is 0 Å². The highest BCUT2D eigenvalue weighted by Crippen LogP contribution is 2.15. The standard InChI is InChI=1S/C17H25ClN4O3S/c1-10(2)14(20-15(23)12-7-5-6-8-13(12)18)16(24)21-22-17(26)19-11(3)9-25-4/h5-8,10-11,14H,9H2,1-4H3,(H,20,23)(H,21,24)(H2,19,22,26)/t11-,14+/m1/s1. The number of methoxy groups -OCH3 is 1. The number of halogens is 1. The van der Waals surface area contributed by atoms with Crippen molar-refractivity contribution in [1.29, 1.82) is 0 Å². The quantitative estimate of drug-likeness (QED) is 0.410. The van der Waals surface area contributed by atoms with E-state index >= 15 is 0 Å². The van der Waals surface area contributed by atoms with Crippen LogP contribution in [-0.2, 0) is 9.53 Å². The summed E-state index contributed by atoms with van der Waals surface area (Å²) < 4.78 is 5.00. The molecule has 0 aliphatic carbocycles. The lowest BCUT2D eigenvalue weighted by atomic mass is 10.0. The summed E-state index contributed by atoms with van der Waals surface area (Å²) in [7, 11) is 1.59. The van der Waals surface area contributed by atoms with Gasteiger partial charge in [-0.15, -0.1) is 0 Å². The second-order valence-corrected chi connectivity index (χ2v) is 6.93. The lowest BCUT2D eigenvalue weighted by Gasteiger charge is -2.23. The van der Waals surface area contributed by atoms with Crippen LogP contribution < -0.4 is 21.5 Å². The number of ether oxygens (including phenoxy) is 1. The minimum Gasteiger partial charge on any atom is -0.383 e. The first-order valence-corrected chi connectivity index (χ1v) is 8.95. The van der Waals surface area contributed by atoms with Crippen molar-refractivity contribution in [2.24, 2.45) is 5.92 Å². The number of nitrogens with one attached hydrogen (secondary N) is 4. The van der Waals surface area contributed by atoms with Crippen molar-refractivity contribution in [2.75, 3.05) is 13.7 Å². The summed E-state index contributed by atoms with van der Waals surface area (Å²) in [5, 5.41) is 6.23. The molecular formula is C17H25ClN4O3S. The lowest BCUT2D eigenvalue weighted by molar-refractivity contribution is -0.124. The monoisotopic (exact) mass is 400 g/mol. The van der Waals surface area contributed by atoms with Gasteiger partial charge in [0.25, 0.3) is 11.8 Å². The van der Waals surface area contributed by atoms with Gasteiger partial charge in [0, 0.05) is 13.2 Å². The number of carbonyl (C=O) groups excluding carboxylic acids is 2. The first-order chi connectivity index (χ1) is 12.3. The maximum Gasteiger partial charge on any atom is 0.261 e. The van der Waals surface area contributed by atoms with Gasteiger partial charge in [0.1, 0.15) is 6.04 Å². The molecule has 0 aliphatic rings. The Kier molecular flexibility index (Phi) is 9.32. The van der Waals surface area contributed by atoms with Gasteiger partial charge in [-0.1, -0.05) is 37.6 Å². The fraction of sp³-hybridized carbons (Fsp3) is 0.471. The van der Waals surface area contributed by atoms with Crippen LogP contribution in [0.15, 0.2) is 24.3 Å². The normalized spacial score (nSPS) is 12.8. The number of rotatable bonds is 7. The van der Waals surface area contributed by atoms with Gasteiger partial charge in [0.05, 0.1) is 17.2 Å². The smallest absolute Gasteiger partial charge is 0.261 e. The molecule has 2 atom stereocenters. The Bertz CT molecular complexity index is 642. The third-order valence-corrected chi connectivity index (χ3v) is 4.00. The Labute approximate surface area is 164 Å². The molecule has 0 saturated heterocycles. The predicted molar refractivity (Wildman–Crippen MR) is 106 cm³/mol. The number of amides is 2. The Morgan fingerprint density at radius 2 is 1.81 bits per heavy atom. The predicted octanol–water partition coefficient (Wildman–Crippen LogP) is 1.62. The summed E-state index contributed by atoms with van der Waals surface area (Å²) in [6.45, 7) is 6.01. The molecule has 4 N–H and O–H groups in total. The summed E-state index contributed by atoms with van der Waals surface area (Å²) >= 11 is 11.1. The maximum absolute atomic E-state index is 12.4. The van der Waals surface area contributed by atoms with Crippen molar-refractivity contribution in [3.63, 3.8) is 0 Å². The van der Waals surface area contributed by atoms with Crippen LogP contribution in [0.1, 0.15) is 31.1 Å². The van der Waals surface area contributed by atoms with Gasteiger partial charge in [0.15, 0.2) is 5.11 Å². The van der Waals surface area contributed by atoms with Crippen molar-refractivity contribution in [3.05, 3.63) is 34.9 Å². The van der Waals surface area contributed by atoms with Crippen LogP contribution in [0.2, 0.25) is 5.02 Å². The third kappa shape index (κ3) is 7.15. The molecule has 0 unspecified atom stereocenters. The van der Waals surface area contributed by atoms with Gasteiger partial charge in [0.2, 0.25) is 0 Å². The Morgan fingerprint density at radius 3 is 2.38 bits per heavy atom. The molecule has 1 aromatic rings. The van der Waals surface area contributed by atoms with Crippen LogP contribution in [0, 0.1) is 5.92 Å². The molecule has 1 aromatic carbocycles. The van der Waals surface area contributed by atoms with Gasteiger partial charge in [-0.05, 0) is 37.2 Å². The minimum atomic E-state index is -0.759. The van der Waals surface area contributed by atoms with E-state index in [2.05, 4.69) is 21.5 Å². The van der Waals surface area contributed by atoms with Crippen LogP contribution in [0.3, 0.4) is 0 Å². The molecule has 0 aliphatic heterocycles. The van der Waals surface area contributed by atoms with Crippen molar-refractivity contribution in [3.8, 4) is 0 Å². The molecule has 1 rings (SSSR count). The van der Waals surface area contributed by atoms with E-state index < -0.39 is 17.9 Å². The van der Waals surface area contributed by atoms with E-state index in [4.69, 9.17) is 28.6 Å². The summed E-state index contributed by atoms with van der Waals surface area (Å²) in [6, 6.07) is 5.88. The molecule has 26 heavy (non-hydrogen) atoms. The molecule has 7 nitrogen and oxygen atoms in total. The van der Waals surface area contributed by atoms with Gasteiger partial charge in [-0.3, -0.25) is 20.4 Å². The number of hydrogen-bond acceptors (Lipinski definition) is 4.